The first kappa shape index (κ1) is 14.4. The van der Waals surface area contributed by atoms with Crippen LogP contribution in [0.5, 0.6) is 0 Å². The number of nitrogens with zero attached hydrogens (tertiary/aromatic N) is 1. The summed E-state index contributed by atoms with van der Waals surface area (Å²) < 4.78 is 0. The molecule has 3 fully saturated rings. The number of likely N-dealkylation sites (tertiary alicyclic amines) is 1. The molecule has 0 aromatic heterocycles. The normalized spacial score (nSPS) is 29.8. The monoisotopic (exact) mass is 278 g/mol. The van der Waals surface area contributed by atoms with E-state index in [0.717, 1.165) is 32.0 Å². The van der Waals surface area contributed by atoms with Crippen LogP contribution in [0, 0.1) is 11.8 Å². The Bertz CT molecular complexity index is 319. The van der Waals surface area contributed by atoms with Gasteiger partial charge in [0.2, 0.25) is 5.91 Å². The van der Waals surface area contributed by atoms with E-state index >= 15 is 0 Å². The zero-order valence-corrected chi connectivity index (χ0v) is 12.8. The Hall–Kier alpha value is -0.570. The van der Waals surface area contributed by atoms with Crippen LogP contribution in [0.25, 0.3) is 0 Å². The average Bonchev–Trinajstić information content (AvgIpc) is 2.99. The summed E-state index contributed by atoms with van der Waals surface area (Å²) in [5.74, 6) is 1.91. The topological polar surface area (TPSA) is 32.3 Å². The molecule has 0 spiro atoms. The molecule has 0 aromatic rings. The van der Waals surface area contributed by atoms with Gasteiger partial charge in [-0.3, -0.25) is 4.79 Å². The number of hydrogen-bond donors (Lipinski definition) is 1. The Balaban J connectivity index is 1.55. The number of nitrogens with one attached hydrogen (secondary N) is 1. The van der Waals surface area contributed by atoms with Crippen molar-refractivity contribution in [3.8, 4) is 0 Å². The van der Waals surface area contributed by atoms with Crippen LogP contribution in [-0.4, -0.2) is 36.5 Å². The molecule has 2 aliphatic heterocycles. The predicted molar refractivity (Wildman–Crippen MR) is 81.5 cm³/mol. The van der Waals surface area contributed by atoms with Gasteiger partial charge in [-0.25, -0.2) is 0 Å². The number of carbonyl (C=O) groups excluding carboxylic acids is 1. The molecule has 0 aromatic carbocycles. The van der Waals surface area contributed by atoms with Gasteiger partial charge in [-0.2, -0.15) is 0 Å². The average molecular weight is 278 g/mol. The highest BCUT2D eigenvalue weighted by Crippen LogP contribution is 2.35. The number of rotatable bonds is 3. The van der Waals surface area contributed by atoms with Gasteiger partial charge >= 0.3 is 0 Å². The molecule has 0 radical (unpaired) electrons. The number of hydrogen-bond acceptors (Lipinski definition) is 2. The van der Waals surface area contributed by atoms with E-state index in [1.807, 2.05) is 0 Å². The molecule has 1 unspecified atom stereocenters. The molecule has 20 heavy (non-hydrogen) atoms. The molecular formula is C17H30N2O. The van der Waals surface area contributed by atoms with Gasteiger partial charge in [0.05, 0.1) is 0 Å². The van der Waals surface area contributed by atoms with Crippen LogP contribution < -0.4 is 5.32 Å². The minimum absolute atomic E-state index is 0.463. The van der Waals surface area contributed by atoms with Crippen molar-refractivity contribution in [3.05, 3.63) is 0 Å². The van der Waals surface area contributed by atoms with E-state index < -0.39 is 0 Å². The van der Waals surface area contributed by atoms with Gasteiger partial charge in [-0.15, -0.1) is 0 Å². The second kappa shape index (κ2) is 6.93. The minimum Gasteiger partial charge on any atom is -0.339 e. The zero-order chi connectivity index (χ0) is 13.8. The summed E-state index contributed by atoms with van der Waals surface area (Å²) >= 11 is 0. The molecule has 114 valence electrons. The van der Waals surface area contributed by atoms with Crippen molar-refractivity contribution >= 4 is 5.91 Å². The summed E-state index contributed by atoms with van der Waals surface area (Å²) in [6.45, 7) is 3.24. The highest BCUT2D eigenvalue weighted by atomic mass is 16.2. The maximum atomic E-state index is 12.7. The smallest absolute Gasteiger partial charge is 0.223 e. The van der Waals surface area contributed by atoms with Crippen molar-refractivity contribution in [3.63, 3.8) is 0 Å². The van der Waals surface area contributed by atoms with Crippen LogP contribution in [0.3, 0.4) is 0 Å². The third-order valence-electron chi connectivity index (χ3n) is 5.74. The number of piperidine rings is 1. The summed E-state index contributed by atoms with van der Waals surface area (Å²) in [7, 11) is 0. The summed E-state index contributed by atoms with van der Waals surface area (Å²) in [4.78, 5) is 14.9. The lowest BCUT2D eigenvalue weighted by molar-refractivity contribution is -0.134. The Labute approximate surface area is 123 Å². The van der Waals surface area contributed by atoms with Gasteiger partial charge < -0.3 is 10.2 Å². The number of carbonyl (C=O) groups is 1. The highest BCUT2D eigenvalue weighted by Gasteiger charge is 2.35. The molecule has 0 bridgehead atoms. The molecule has 2 heterocycles. The van der Waals surface area contributed by atoms with Gasteiger partial charge in [-0.1, -0.05) is 19.3 Å². The SMILES string of the molecule is O=C(CC1CCNCC1)N1CCCC1C1CCCCC1. The molecule has 3 heteroatoms. The summed E-state index contributed by atoms with van der Waals surface area (Å²) in [5.41, 5.74) is 0. The van der Waals surface area contributed by atoms with Crippen molar-refractivity contribution in [1.82, 2.24) is 10.2 Å². The van der Waals surface area contributed by atoms with Crippen molar-refractivity contribution < 1.29 is 4.79 Å². The fraction of sp³-hybridized carbons (Fsp3) is 0.941. The molecular weight excluding hydrogens is 248 g/mol. The maximum Gasteiger partial charge on any atom is 0.223 e. The first-order chi connectivity index (χ1) is 9.84. The van der Waals surface area contributed by atoms with Crippen molar-refractivity contribution in [1.29, 1.82) is 0 Å². The largest absolute Gasteiger partial charge is 0.339 e. The third-order valence-corrected chi connectivity index (χ3v) is 5.74. The van der Waals surface area contributed by atoms with Crippen molar-refractivity contribution in [2.45, 2.75) is 70.3 Å². The summed E-state index contributed by atoms with van der Waals surface area (Å²) in [6.07, 6.45) is 12.6. The lowest BCUT2D eigenvalue weighted by Gasteiger charge is -2.35. The molecule has 3 nitrogen and oxygen atoms in total. The van der Waals surface area contributed by atoms with Crippen LogP contribution >= 0.6 is 0 Å². The first-order valence-corrected chi connectivity index (χ1v) is 8.85. The maximum absolute atomic E-state index is 12.7. The van der Waals surface area contributed by atoms with E-state index in [1.165, 1.54) is 57.8 Å². The molecule has 1 atom stereocenters. The van der Waals surface area contributed by atoms with E-state index in [9.17, 15) is 4.79 Å². The Morgan fingerprint density at radius 1 is 0.950 bits per heavy atom. The molecule has 1 aliphatic carbocycles. The van der Waals surface area contributed by atoms with E-state index in [1.54, 1.807) is 0 Å². The van der Waals surface area contributed by atoms with Gasteiger partial charge in [0.25, 0.3) is 0 Å². The molecule has 1 amide bonds. The van der Waals surface area contributed by atoms with E-state index in [-0.39, 0.29) is 0 Å². The Morgan fingerprint density at radius 2 is 1.70 bits per heavy atom. The van der Waals surface area contributed by atoms with Crippen LogP contribution in [0.15, 0.2) is 0 Å². The van der Waals surface area contributed by atoms with Crippen LogP contribution in [0.2, 0.25) is 0 Å². The van der Waals surface area contributed by atoms with Crippen LogP contribution in [0.1, 0.15) is 64.2 Å². The summed E-state index contributed by atoms with van der Waals surface area (Å²) in [6, 6.07) is 0.588. The Morgan fingerprint density at radius 3 is 2.45 bits per heavy atom. The number of amides is 1. The summed E-state index contributed by atoms with van der Waals surface area (Å²) in [5, 5.41) is 3.39. The van der Waals surface area contributed by atoms with Crippen molar-refractivity contribution in [2.75, 3.05) is 19.6 Å². The fourth-order valence-corrected chi connectivity index (χ4v) is 4.56. The van der Waals surface area contributed by atoms with Gasteiger partial charge in [0, 0.05) is 19.0 Å². The quantitative estimate of drug-likeness (QED) is 0.861. The van der Waals surface area contributed by atoms with Gasteiger partial charge in [0.15, 0.2) is 0 Å². The predicted octanol–water partition coefficient (Wildman–Crippen LogP) is 2.95. The molecule has 1 saturated carbocycles. The van der Waals surface area contributed by atoms with Gasteiger partial charge in [-0.05, 0) is 63.5 Å². The molecule has 2 saturated heterocycles. The highest BCUT2D eigenvalue weighted by molar-refractivity contribution is 5.77. The van der Waals surface area contributed by atoms with E-state index in [2.05, 4.69) is 10.2 Å². The van der Waals surface area contributed by atoms with Crippen LogP contribution in [-0.2, 0) is 4.79 Å². The van der Waals surface area contributed by atoms with Crippen LogP contribution in [0.4, 0.5) is 0 Å². The second-order valence-corrected chi connectivity index (χ2v) is 7.09. The van der Waals surface area contributed by atoms with E-state index in [4.69, 9.17) is 0 Å². The third kappa shape index (κ3) is 3.36. The fourth-order valence-electron chi connectivity index (χ4n) is 4.56. The zero-order valence-electron chi connectivity index (χ0n) is 12.8. The van der Waals surface area contributed by atoms with Crippen molar-refractivity contribution in [2.24, 2.45) is 11.8 Å². The Kier molecular flexibility index (Phi) is 4.98. The molecule has 3 aliphatic rings. The second-order valence-electron chi connectivity index (χ2n) is 7.09. The molecule has 1 N–H and O–H groups in total. The van der Waals surface area contributed by atoms with E-state index in [0.29, 0.717) is 17.9 Å². The van der Waals surface area contributed by atoms with Gasteiger partial charge in [0.1, 0.15) is 0 Å². The minimum atomic E-state index is 0.463. The standard InChI is InChI=1S/C17H30N2O/c20-17(13-14-8-10-18-11-9-14)19-12-4-7-16(19)15-5-2-1-3-6-15/h14-16,18H,1-13H2. The molecule has 3 rings (SSSR count). The lowest BCUT2D eigenvalue weighted by Crippen LogP contribution is -2.42. The lowest BCUT2D eigenvalue weighted by atomic mass is 9.82. The first-order valence-electron chi connectivity index (χ1n) is 8.85.